The minimum atomic E-state index is -0.735. The average Bonchev–Trinajstić information content (AvgIpc) is 3.23. The van der Waals surface area contributed by atoms with Gasteiger partial charge in [-0.2, -0.15) is 0 Å². The van der Waals surface area contributed by atoms with Crippen molar-refractivity contribution in [3.05, 3.63) is 123 Å². The second-order valence-corrected chi connectivity index (χ2v) is 15.3. The van der Waals surface area contributed by atoms with E-state index in [4.69, 9.17) is 49.3 Å². The molecule has 0 aliphatic carbocycles. The molecule has 2 fully saturated rings. The van der Waals surface area contributed by atoms with Gasteiger partial charge in [-0.15, -0.1) is 0 Å². The number of nitrogens with zero attached hydrogens (tertiary/aromatic N) is 7. The molecule has 2 aliphatic heterocycles. The molecular formula is C43H35Cl3F4N8O2. The molecule has 60 heavy (non-hydrogen) atoms. The zero-order chi connectivity index (χ0) is 42.1. The summed E-state index contributed by atoms with van der Waals surface area (Å²) >= 11 is 18.4. The van der Waals surface area contributed by atoms with Gasteiger partial charge in [-0.05, 0) is 43.2 Å². The normalized spacial score (nSPS) is 14.3. The van der Waals surface area contributed by atoms with Gasteiger partial charge in [0.2, 0.25) is 0 Å². The van der Waals surface area contributed by atoms with Gasteiger partial charge < -0.3 is 24.6 Å². The minimum Gasteiger partial charge on any atom is -0.378 e. The number of hydrogen-bond acceptors (Lipinski definition) is 10. The number of nitrogens with one attached hydrogen (secondary N) is 1. The Morgan fingerprint density at radius 1 is 0.600 bits per heavy atom. The van der Waals surface area contributed by atoms with Crippen LogP contribution in [0.4, 0.5) is 40.4 Å². The van der Waals surface area contributed by atoms with Gasteiger partial charge in [-0.1, -0.05) is 34.8 Å². The maximum atomic E-state index is 15.4. The third kappa shape index (κ3) is 8.61. The van der Waals surface area contributed by atoms with Crippen LogP contribution < -0.4 is 15.1 Å². The summed E-state index contributed by atoms with van der Waals surface area (Å²) in [5, 5.41) is 4.86. The van der Waals surface area contributed by atoms with E-state index in [1.54, 1.807) is 31.5 Å². The number of morpholine rings is 2. The van der Waals surface area contributed by atoms with Crippen LogP contribution in [-0.2, 0) is 9.47 Å². The molecule has 7 heterocycles. The number of benzene rings is 2. The molecule has 0 bridgehead atoms. The first-order valence-electron chi connectivity index (χ1n) is 18.8. The molecule has 0 amide bonds. The lowest BCUT2D eigenvalue weighted by atomic mass is 10.0. The van der Waals surface area contributed by atoms with Gasteiger partial charge in [-0.3, -0.25) is 9.97 Å². The van der Waals surface area contributed by atoms with E-state index >= 15 is 4.39 Å². The fourth-order valence-corrected chi connectivity index (χ4v) is 7.89. The van der Waals surface area contributed by atoms with Crippen molar-refractivity contribution >= 4 is 79.5 Å². The Morgan fingerprint density at radius 3 is 1.68 bits per heavy atom. The molecule has 9 rings (SSSR count). The van der Waals surface area contributed by atoms with Gasteiger partial charge in [0.05, 0.1) is 97.9 Å². The van der Waals surface area contributed by atoms with E-state index in [0.717, 1.165) is 42.8 Å². The molecule has 308 valence electrons. The lowest BCUT2D eigenvalue weighted by Gasteiger charge is -2.32. The number of rotatable bonds is 6. The van der Waals surface area contributed by atoms with E-state index in [0.29, 0.717) is 94.6 Å². The fourth-order valence-electron chi connectivity index (χ4n) is 7.26. The maximum Gasteiger partial charge on any atom is 0.152 e. The number of fused-ring (bicyclic) bond motifs is 2. The molecule has 2 saturated heterocycles. The topological polar surface area (TPSA) is 101 Å². The van der Waals surface area contributed by atoms with E-state index in [-0.39, 0.29) is 26.8 Å². The Labute approximate surface area is 357 Å². The second kappa shape index (κ2) is 17.7. The Balaban J connectivity index is 0.000000200. The van der Waals surface area contributed by atoms with Crippen molar-refractivity contribution in [1.29, 1.82) is 0 Å². The molecular weight excluding hydrogens is 843 g/mol. The molecule has 2 aliphatic rings. The Hall–Kier alpha value is -5.38. The Kier molecular flexibility index (Phi) is 12.2. The van der Waals surface area contributed by atoms with Crippen LogP contribution in [0.25, 0.3) is 44.3 Å². The summed E-state index contributed by atoms with van der Waals surface area (Å²) in [6.07, 6.45) is 8.07. The number of anilines is 4. The Bertz CT molecular complexity index is 2750. The van der Waals surface area contributed by atoms with Gasteiger partial charge in [-0.25, -0.2) is 32.5 Å². The van der Waals surface area contributed by atoms with Gasteiger partial charge >= 0.3 is 0 Å². The highest BCUT2D eigenvalue weighted by Gasteiger charge is 2.24. The molecule has 0 saturated carbocycles. The van der Waals surface area contributed by atoms with Crippen LogP contribution in [0.1, 0.15) is 11.1 Å². The summed E-state index contributed by atoms with van der Waals surface area (Å²) < 4.78 is 68.1. The zero-order valence-electron chi connectivity index (χ0n) is 32.2. The average molecular weight is 878 g/mol. The van der Waals surface area contributed by atoms with Crippen molar-refractivity contribution < 1.29 is 27.0 Å². The first-order chi connectivity index (χ1) is 28.9. The largest absolute Gasteiger partial charge is 0.378 e. The van der Waals surface area contributed by atoms with Crippen LogP contribution in [0.3, 0.4) is 0 Å². The standard InChI is InChI=1S/C28H27ClF2N6O2.C15H8Cl2F2N2/c1-17-26(18-10-19(29)15-32-14-18)34-23-12-20(30)11-22(31)25(23)27(17)35-24-13-21(36-2-6-38-7-3-36)16-33-28(24)37-4-8-39-9-5-37;1-7-14(17)13-11(19)3-10(18)4-12(13)21-15(7)8-2-9(16)6-20-5-8/h10-16H,2-9H2,1H3,(H,34,35);2-6H,1H3. The van der Waals surface area contributed by atoms with E-state index in [9.17, 15) is 13.2 Å². The fraction of sp³-hybridized carbons (Fsp3) is 0.233. The first kappa shape index (κ1) is 41.4. The van der Waals surface area contributed by atoms with Crippen LogP contribution in [-0.4, -0.2) is 77.5 Å². The molecule has 5 aromatic heterocycles. The predicted octanol–water partition coefficient (Wildman–Crippen LogP) is 10.5. The van der Waals surface area contributed by atoms with Gasteiger partial charge in [0.15, 0.2) is 5.82 Å². The number of ether oxygens (including phenoxy) is 2. The summed E-state index contributed by atoms with van der Waals surface area (Å²) in [5.41, 5.74) is 5.98. The van der Waals surface area contributed by atoms with E-state index in [1.807, 2.05) is 19.2 Å². The van der Waals surface area contributed by atoms with Crippen molar-refractivity contribution in [2.45, 2.75) is 13.8 Å². The molecule has 0 atom stereocenters. The number of aromatic nitrogens is 5. The lowest BCUT2D eigenvalue weighted by Crippen LogP contribution is -2.38. The monoisotopic (exact) mass is 876 g/mol. The molecule has 7 aromatic rings. The van der Waals surface area contributed by atoms with Crippen molar-refractivity contribution in [2.75, 3.05) is 67.7 Å². The SMILES string of the molecule is Cc1c(-c2cncc(Cl)c2)nc2cc(F)cc(F)c2c1Cl.Cc1c(-c2cncc(Cl)c2)nc2cc(F)cc(F)c2c1Nc1cc(N2CCOCC2)cnc1N1CCOCC1. The Morgan fingerprint density at radius 2 is 1.12 bits per heavy atom. The van der Waals surface area contributed by atoms with E-state index < -0.39 is 23.3 Å². The second-order valence-electron chi connectivity index (χ2n) is 14.1. The molecule has 0 unspecified atom stereocenters. The number of halogens is 7. The zero-order valence-corrected chi connectivity index (χ0v) is 34.4. The van der Waals surface area contributed by atoms with Gasteiger partial charge in [0.25, 0.3) is 0 Å². The summed E-state index contributed by atoms with van der Waals surface area (Å²) in [6.45, 7) is 8.85. The van der Waals surface area contributed by atoms with Crippen LogP contribution in [0.2, 0.25) is 15.1 Å². The van der Waals surface area contributed by atoms with Crippen molar-refractivity contribution in [2.24, 2.45) is 0 Å². The molecule has 0 spiro atoms. The van der Waals surface area contributed by atoms with Crippen molar-refractivity contribution in [1.82, 2.24) is 24.9 Å². The minimum absolute atomic E-state index is 0.106. The highest BCUT2D eigenvalue weighted by molar-refractivity contribution is 6.36. The highest BCUT2D eigenvalue weighted by atomic mass is 35.5. The van der Waals surface area contributed by atoms with Crippen LogP contribution in [0.15, 0.2) is 73.4 Å². The number of hydrogen-bond donors (Lipinski definition) is 1. The van der Waals surface area contributed by atoms with Crippen LogP contribution in [0.5, 0.6) is 0 Å². The van der Waals surface area contributed by atoms with Crippen molar-refractivity contribution in [3.63, 3.8) is 0 Å². The third-order valence-corrected chi connectivity index (χ3v) is 11.1. The molecule has 1 N–H and O–H groups in total. The summed E-state index contributed by atoms with van der Waals surface area (Å²) in [4.78, 5) is 26.3. The van der Waals surface area contributed by atoms with Crippen molar-refractivity contribution in [3.8, 4) is 22.5 Å². The summed E-state index contributed by atoms with van der Waals surface area (Å²) in [5.74, 6) is -2.12. The highest BCUT2D eigenvalue weighted by Crippen LogP contribution is 2.40. The van der Waals surface area contributed by atoms with Gasteiger partial charge in [0, 0.05) is 86.4 Å². The number of pyridine rings is 5. The predicted molar refractivity (Wildman–Crippen MR) is 228 cm³/mol. The summed E-state index contributed by atoms with van der Waals surface area (Å²) in [7, 11) is 0. The lowest BCUT2D eigenvalue weighted by molar-refractivity contribution is 0.122. The van der Waals surface area contributed by atoms with E-state index in [1.165, 1.54) is 18.5 Å². The smallest absolute Gasteiger partial charge is 0.152 e. The van der Waals surface area contributed by atoms with Gasteiger partial charge in [0.1, 0.15) is 23.3 Å². The molecule has 10 nitrogen and oxygen atoms in total. The first-order valence-corrected chi connectivity index (χ1v) is 20.0. The third-order valence-electron chi connectivity index (χ3n) is 10.2. The van der Waals surface area contributed by atoms with Crippen LogP contribution in [0, 0.1) is 37.1 Å². The molecule has 17 heteroatoms. The van der Waals surface area contributed by atoms with E-state index in [2.05, 4.69) is 35.1 Å². The van der Waals surface area contributed by atoms with Crippen LogP contribution >= 0.6 is 34.8 Å². The molecule has 2 aromatic carbocycles. The quantitative estimate of drug-likeness (QED) is 0.163. The summed E-state index contributed by atoms with van der Waals surface area (Å²) in [6, 6.07) is 9.46. The maximum absolute atomic E-state index is 15.4. The molecule has 0 radical (unpaired) electrons.